The van der Waals surface area contributed by atoms with Crippen LogP contribution in [0.15, 0.2) is 71.9 Å². The van der Waals surface area contributed by atoms with Gasteiger partial charge >= 0.3 is 0 Å². The van der Waals surface area contributed by atoms with Crippen molar-refractivity contribution in [1.82, 2.24) is 4.98 Å². The molecule has 3 nitrogen and oxygen atoms in total. The molecule has 0 aliphatic heterocycles. The van der Waals surface area contributed by atoms with Crippen LogP contribution in [0.3, 0.4) is 0 Å². The minimum atomic E-state index is -0.142. The molecule has 0 saturated heterocycles. The molecule has 25 heavy (non-hydrogen) atoms. The van der Waals surface area contributed by atoms with Crippen LogP contribution in [-0.2, 0) is 5.75 Å². The second kappa shape index (κ2) is 8.69. The summed E-state index contributed by atoms with van der Waals surface area (Å²) in [6.45, 7) is 0. The number of benzene rings is 2. The van der Waals surface area contributed by atoms with E-state index in [1.54, 1.807) is 36.2 Å². The molecule has 1 aromatic heterocycles. The molecule has 0 atom stereocenters. The predicted octanol–water partition coefficient (Wildman–Crippen LogP) is 5.88. The van der Waals surface area contributed by atoms with E-state index in [0.29, 0.717) is 10.6 Å². The lowest BCUT2D eigenvalue weighted by Gasteiger charge is -2.08. The molecule has 1 amide bonds. The summed E-state index contributed by atoms with van der Waals surface area (Å²) in [5.41, 5.74) is 2.56. The van der Waals surface area contributed by atoms with E-state index in [-0.39, 0.29) is 5.91 Å². The number of nitrogens with one attached hydrogen (secondary N) is 1. The lowest BCUT2D eigenvalue weighted by molar-refractivity contribution is 0.102. The third-order valence-electron chi connectivity index (χ3n) is 3.42. The number of thioether (sulfide) groups is 1. The van der Waals surface area contributed by atoms with Crippen LogP contribution in [0.25, 0.3) is 0 Å². The van der Waals surface area contributed by atoms with Crippen molar-refractivity contribution >= 4 is 57.5 Å². The van der Waals surface area contributed by atoms with Gasteiger partial charge < -0.3 is 5.32 Å². The molecule has 3 aromatic rings. The summed E-state index contributed by atoms with van der Waals surface area (Å²) in [5, 5.41) is 3.53. The maximum atomic E-state index is 12.4. The van der Waals surface area contributed by atoms with Gasteiger partial charge in [-0.2, -0.15) is 0 Å². The Morgan fingerprint density at radius 1 is 1.16 bits per heavy atom. The Kier molecular flexibility index (Phi) is 6.34. The first-order chi connectivity index (χ1) is 12.1. The molecular weight excluding hydrogens is 467 g/mol. The molecule has 2 aromatic carbocycles. The monoisotopic (exact) mass is 480 g/mol. The molecule has 0 saturated carbocycles. The van der Waals surface area contributed by atoms with E-state index >= 15 is 0 Å². The van der Waals surface area contributed by atoms with Gasteiger partial charge in [-0.3, -0.25) is 9.78 Å². The van der Waals surface area contributed by atoms with Gasteiger partial charge in [0.15, 0.2) is 0 Å². The van der Waals surface area contributed by atoms with E-state index in [1.807, 2.05) is 36.5 Å². The third-order valence-corrected chi connectivity index (χ3v) is 5.63. The van der Waals surface area contributed by atoms with E-state index in [9.17, 15) is 4.79 Å². The van der Waals surface area contributed by atoms with Crippen LogP contribution in [0, 0.1) is 3.57 Å². The van der Waals surface area contributed by atoms with Crippen molar-refractivity contribution in [3.63, 3.8) is 0 Å². The van der Waals surface area contributed by atoms with Crippen LogP contribution in [0.2, 0.25) is 5.02 Å². The first kappa shape index (κ1) is 18.2. The van der Waals surface area contributed by atoms with E-state index in [0.717, 1.165) is 19.9 Å². The molecule has 126 valence electrons. The van der Waals surface area contributed by atoms with Crippen LogP contribution in [0.5, 0.6) is 0 Å². The quantitative estimate of drug-likeness (QED) is 0.366. The molecule has 0 unspecified atom stereocenters. The maximum absolute atomic E-state index is 12.4. The Balaban J connectivity index is 1.61. The summed E-state index contributed by atoms with van der Waals surface area (Å²) in [7, 11) is 0. The zero-order chi connectivity index (χ0) is 17.6. The summed E-state index contributed by atoms with van der Waals surface area (Å²) < 4.78 is 0.825. The summed E-state index contributed by atoms with van der Waals surface area (Å²) >= 11 is 9.78. The van der Waals surface area contributed by atoms with Crippen LogP contribution in [0.4, 0.5) is 5.69 Å². The number of hydrogen-bond donors (Lipinski definition) is 1. The summed E-state index contributed by atoms with van der Waals surface area (Å²) in [6.07, 6.45) is 3.64. The number of carbonyl (C=O) groups is 1. The van der Waals surface area contributed by atoms with E-state index in [2.05, 4.69) is 39.0 Å². The molecule has 0 fully saturated rings. The van der Waals surface area contributed by atoms with Crippen LogP contribution in [0.1, 0.15) is 15.9 Å². The first-order valence-electron chi connectivity index (χ1n) is 7.50. The highest BCUT2D eigenvalue weighted by Crippen LogP contribution is 2.24. The average molecular weight is 481 g/mol. The number of nitrogens with zero attached hydrogens (tertiary/aromatic N) is 1. The largest absolute Gasteiger partial charge is 0.322 e. The van der Waals surface area contributed by atoms with Crippen LogP contribution in [-0.4, -0.2) is 10.9 Å². The van der Waals surface area contributed by atoms with Crippen LogP contribution < -0.4 is 5.32 Å². The van der Waals surface area contributed by atoms with Gasteiger partial charge in [-0.15, -0.1) is 11.8 Å². The second-order valence-corrected chi connectivity index (χ2v) is 7.90. The van der Waals surface area contributed by atoms with Gasteiger partial charge in [0.1, 0.15) is 0 Å². The number of pyridine rings is 1. The number of halogens is 2. The molecular formula is C19H14ClIN2OS. The topological polar surface area (TPSA) is 42.0 Å². The lowest BCUT2D eigenvalue weighted by Crippen LogP contribution is -2.13. The number of rotatable bonds is 5. The Hall–Kier alpha value is -1.57. The maximum Gasteiger partial charge on any atom is 0.256 e. The van der Waals surface area contributed by atoms with Gasteiger partial charge in [0.05, 0.1) is 5.56 Å². The summed E-state index contributed by atoms with van der Waals surface area (Å²) in [4.78, 5) is 17.6. The number of aromatic nitrogens is 1. The molecule has 0 aliphatic carbocycles. The van der Waals surface area contributed by atoms with Crippen molar-refractivity contribution in [2.45, 2.75) is 10.6 Å². The highest BCUT2D eigenvalue weighted by molar-refractivity contribution is 14.1. The predicted molar refractivity (Wildman–Crippen MR) is 112 cm³/mol. The molecule has 3 rings (SSSR count). The fourth-order valence-electron chi connectivity index (χ4n) is 2.16. The van der Waals surface area contributed by atoms with Gasteiger partial charge in [-0.25, -0.2) is 0 Å². The average Bonchev–Trinajstić information content (AvgIpc) is 2.62. The first-order valence-corrected chi connectivity index (χ1v) is 9.94. The lowest BCUT2D eigenvalue weighted by atomic mass is 10.2. The Bertz CT molecular complexity index is 872. The highest BCUT2D eigenvalue weighted by Gasteiger charge is 2.10. The standard InChI is InChI=1S/C19H14ClIN2OS/c20-14-3-8-17(18(21)10-14)19(24)23-15-4-6-16(7-5-15)25-12-13-2-1-9-22-11-13/h1-11H,12H2,(H,23,24). The van der Waals surface area contributed by atoms with Crippen molar-refractivity contribution in [2.24, 2.45) is 0 Å². The fraction of sp³-hybridized carbons (Fsp3) is 0.0526. The number of anilines is 1. The van der Waals surface area contributed by atoms with E-state index < -0.39 is 0 Å². The van der Waals surface area contributed by atoms with Gasteiger partial charge in [0.2, 0.25) is 0 Å². The molecule has 6 heteroatoms. The number of amides is 1. The Morgan fingerprint density at radius 3 is 2.64 bits per heavy atom. The fourth-order valence-corrected chi connectivity index (χ4v) is 4.11. The summed E-state index contributed by atoms with van der Waals surface area (Å²) in [6, 6.07) is 17.0. The minimum Gasteiger partial charge on any atom is -0.322 e. The van der Waals surface area contributed by atoms with Crippen molar-refractivity contribution in [2.75, 3.05) is 5.32 Å². The Labute approximate surface area is 169 Å². The molecule has 0 radical (unpaired) electrons. The van der Waals surface area contributed by atoms with Crippen molar-refractivity contribution < 1.29 is 4.79 Å². The van der Waals surface area contributed by atoms with Crippen molar-refractivity contribution in [3.8, 4) is 0 Å². The van der Waals surface area contributed by atoms with E-state index in [4.69, 9.17) is 11.6 Å². The molecule has 0 spiro atoms. The normalized spacial score (nSPS) is 10.5. The molecule has 1 N–H and O–H groups in total. The van der Waals surface area contributed by atoms with Gasteiger partial charge in [-0.05, 0) is 76.7 Å². The van der Waals surface area contributed by atoms with Gasteiger partial charge in [-0.1, -0.05) is 17.7 Å². The summed E-state index contributed by atoms with van der Waals surface area (Å²) in [5.74, 6) is 0.722. The van der Waals surface area contributed by atoms with Crippen LogP contribution >= 0.6 is 46.0 Å². The van der Waals surface area contributed by atoms with E-state index in [1.165, 1.54) is 5.56 Å². The molecule has 0 bridgehead atoms. The van der Waals surface area contributed by atoms with Gasteiger partial charge in [0.25, 0.3) is 5.91 Å². The zero-order valence-corrected chi connectivity index (χ0v) is 16.8. The highest BCUT2D eigenvalue weighted by atomic mass is 127. The molecule has 1 heterocycles. The Morgan fingerprint density at radius 2 is 1.96 bits per heavy atom. The number of carbonyl (C=O) groups excluding carboxylic acids is 1. The van der Waals surface area contributed by atoms with Crippen molar-refractivity contribution in [1.29, 1.82) is 0 Å². The molecule has 0 aliphatic rings. The zero-order valence-electron chi connectivity index (χ0n) is 13.1. The third kappa shape index (κ3) is 5.20. The SMILES string of the molecule is O=C(Nc1ccc(SCc2cccnc2)cc1)c1ccc(Cl)cc1I. The van der Waals surface area contributed by atoms with Crippen molar-refractivity contribution in [3.05, 3.63) is 86.7 Å². The second-order valence-electron chi connectivity index (χ2n) is 5.25. The minimum absolute atomic E-state index is 0.142. The number of hydrogen-bond acceptors (Lipinski definition) is 3. The smallest absolute Gasteiger partial charge is 0.256 e. The van der Waals surface area contributed by atoms with Gasteiger partial charge in [0, 0.05) is 37.3 Å².